The molecule has 0 bridgehead atoms. The molecule has 3 nitrogen and oxygen atoms in total. The summed E-state index contributed by atoms with van der Waals surface area (Å²) in [6.07, 6.45) is 7.09. The maximum atomic E-state index is 11.4. The molecule has 0 aromatic heterocycles. The Kier molecular flexibility index (Phi) is 9.18. The smallest absolute Gasteiger partial charge is 0.234 e. The van der Waals surface area contributed by atoms with Gasteiger partial charge in [-0.3, -0.25) is 4.79 Å². The predicted octanol–water partition coefficient (Wildman–Crippen LogP) is 1.85. The van der Waals surface area contributed by atoms with Crippen molar-refractivity contribution in [2.75, 3.05) is 13.1 Å². The highest BCUT2D eigenvalue weighted by Crippen LogP contribution is 1.94. The molecule has 1 amide bonds. The van der Waals surface area contributed by atoms with Crippen LogP contribution >= 0.6 is 0 Å². The normalized spacial score (nSPS) is 11.2. The summed E-state index contributed by atoms with van der Waals surface area (Å²) in [7, 11) is 0. The number of amides is 1. The maximum Gasteiger partial charge on any atom is 0.234 e. The third kappa shape index (κ3) is 8.18. The van der Waals surface area contributed by atoms with Crippen LogP contribution in [0, 0.1) is 0 Å². The molecule has 0 aromatic carbocycles. The van der Waals surface area contributed by atoms with E-state index in [1.807, 2.05) is 13.0 Å². The largest absolute Gasteiger partial charge is 0.352 e. The molecule has 0 heterocycles. The fourth-order valence-electron chi connectivity index (χ4n) is 1.33. The van der Waals surface area contributed by atoms with Gasteiger partial charge in [0.25, 0.3) is 0 Å². The standard InChI is InChI=1S/C12H24N2O/c1-4-7-8-9-13-10-12(15)14-11(5-2)6-3/h4,7,11,13H,5-6,8-10H2,1-3H3,(H,14,15)/b7-4+. The topological polar surface area (TPSA) is 41.1 Å². The fourth-order valence-corrected chi connectivity index (χ4v) is 1.33. The first-order valence-corrected chi connectivity index (χ1v) is 5.85. The van der Waals surface area contributed by atoms with Crippen LogP contribution in [0.4, 0.5) is 0 Å². The van der Waals surface area contributed by atoms with E-state index in [-0.39, 0.29) is 5.91 Å². The van der Waals surface area contributed by atoms with Crippen molar-refractivity contribution in [2.45, 2.75) is 46.1 Å². The van der Waals surface area contributed by atoms with E-state index in [4.69, 9.17) is 0 Å². The summed E-state index contributed by atoms with van der Waals surface area (Å²) in [5.41, 5.74) is 0. The van der Waals surface area contributed by atoms with E-state index in [1.165, 1.54) is 0 Å². The molecule has 0 aliphatic heterocycles. The summed E-state index contributed by atoms with van der Waals surface area (Å²) in [4.78, 5) is 11.4. The Morgan fingerprint density at radius 3 is 2.53 bits per heavy atom. The Labute approximate surface area is 93.3 Å². The zero-order valence-electron chi connectivity index (χ0n) is 10.2. The molecule has 0 atom stereocenters. The maximum absolute atomic E-state index is 11.4. The van der Waals surface area contributed by atoms with Gasteiger partial charge >= 0.3 is 0 Å². The third-order valence-corrected chi connectivity index (χ3v) is 2.36. The quantitative estimate of drug-likeness (QED) is 0.476. The van der Waals surface area contributed by atoms with Crippen LogP contribution in [0.3, 0.4) is 0 Å². The predicted molar refractivity (Wildman–Crippen MR) is 64.8 cm³/mol. The second-order valence-corrected chi connectivity index (χ2v) is 3.62. The van der Waals surface area contributed by atoms with Gasteiger partial charge in [0.05, 0.1) is 6.54 Å². The van der Waals surface area contributed by atoms with Gasteiger partial charge in [-0.05, 0) is 32.7 Å². The van der Waals surface area contributed by atoms with Crippen molar-refractivity contribution in [2.24, 2.45) is 0 Å². The van der Waals surface area contributed by atoms with Crippen LogP contribution in [-0.2, 0) is 4.79 Å². The minimum absolute atomic E-state index is 0.101. The first-order chi connectivity index (χ1) is 7.24. The number of rotatable bonds is 8. The number of nitrogens with one attached hydrogen (secondary N) is 2. The van der Waals surface area contributed by atoms with E-state index in [9.17, 15) is 4.79 Å². The molecular weight excluding hydrogens is 188 g/mol. The summed E-state index contributed by atoms with van der Waals surface area (Å²) in [5, 5.41) is 6.10. The first kappa shape index (κ1) is 14.2. The van der Waals surface area contributed by atoms with Crippen LogP contribution in [0.5, 0.6) is 0 Å². The van der Waals surface area contributed by atoms with Crippen LogP contribution in [0.2, 0.25) is 0 Å². The van der Waals surface area contributed by atoms with Crippen LogP contribution in [0.15, 0.2) is 12.2 Å². The van der Waals surface area contributed by atoms with Crippen LogP contribution in [0.25, 0.3) is 0 Å². The average Bonchev–Trinajstić information content (AvgIpc) is 2.25. The minimum atomic E-state index is 0.101. The zero-order valence-corrected chi connectivity index (χ0v) is 10.2. The first-order valence-electron chi connectivity index (χ1n) is 5.85. The lowest BCUT2D eigenvalue weighted by atomic mass is 10.2. The lowest BCUT2D eigenvalue weighted by Gasteiger charge is -2.14. The zero-order chi connectivity index (χ0) is 11.5. The molecule has 0 radical (unpaired) electrons. The summed E-state index contributed by atoms with van der Waals surface area (Å²) >= 11 is 0. The van der Waals surface area contributed by atoms with Gasteiger partial charge in [0, 0.05) is 6.04 Å². The van der Waals surface area contributed by atoms with E-state index in [2.05, 4.69) is 30.6 Å². The molecule has 88 valence electrons. The number of carbonyl (C=O) groups excluding carboxylic acids is 1. The average molecular weight is 212 g/mol. The Hall–Kier alpha value is -0.830. The minimum Gasteiger partial charge on any atom is -0.352 e. The van der Waals surface area contributed by atoms with Crippen LogP contribution in [0.1, 0.15) is 40.0 Å². The van der Waals surface area contributed by atoms with Crippen molar-refractivity contribution in [1.29, 1.82) is 0 Å². The number of allylic oxidation sites excluding steroid dienone is 1. The molecule has 0 saturated heterocycles. The molecule has 0 rings (SSSR count). The number of hydrogen-bond donors (Lipinski definition) is 2. The van der Waals surface area contributed by atoms with Crippen molar-refractivity contribution in [1.82, 2.24) is 10.6 Å². The molecule has 0 spiro atoms. The molecule has 0 unspecified atom stereocenters. The molecule has 0 fully saturated rings. The van der Waals surface area contributed by atoms with Crippen molar-refractivity contribution < 1.29 is 4.79 Å². The number of hydrogen-bond acceptors (Lipinski definition) is 2. The fraction of sp³-hybridized carbons (Fsp3) is 0.750. The van der Waals surface area contributed by atoms with Gasteiger partial charge in [-0.25, -0.2) is 0 Å². The van der Waals surface area contributed by atoms with E-state index in [1.54, 1.807) is 0 Å². The van der Waals surface area contributed by atoms with Crippen LogP contribution in [-0.4, -0.2) is 25.0 Å². The summed E-state index contributed by atoms with van der Waals surface area (Å²) < 4.78 is 0. The van der Waals surface area contributed by atoms with E-state index < -0.39 is 0 Å². The molecule has 0 aliphatic rings. The Balaban J connectivity index is 3.48. The van der Waals surface area contributed by atoms with E-state index in [0.29, 0.717) is 12.6 Å². The second kappa shape index (κ2) is 9.71. The van der Waals surface area contributed by atoms with E-state index >= 15 is 0 Å². The summed E-state index contributed by atoms with van der Waals surface area (Å²) in [6, 6.07) is 0.329. The molecule has 2 N–H and O–H groups in total. The summed E-state index contributed by atoms with van der Waals surface area (Å²) in [6.45, 7) is 7.47. The Bertz CT molecular complexity index is 186. The highest BCUT2D eigenvalue weighted by Gasteiger charge is 2.06. The van der Waals surface area contributed by atoms with Crippen LogP contribution < -0.4 is 10.6 Å². The molecule has 3 heteroatoms. The molecule has 0 saturated carbocycles. The third-order valence-electron chi connectivity index (χ3n) is 2.36. The highest BCUT2D eigenvalue weighted by molar-refractivity contribution is 5.78. The van der Waals surface area contributed by atoms with Crippen molar-refractivity contribution in [3.05, 3.63) is 12.2 Å². The Morgan fingerprint density at radius 2 is 2.00 bits per heavy atom. The van der Waals surface area contributed by atoms with Crippen molar-refractivity contribution >= 4 is 5.91 Å². The Morgan fingerprint density at radius 1 is 1.33 bits per heavy atom. The second-order valence-electron chi connectivity index (χ2n) is 3.62. The summed E-state index contributed by atoms with van der Waals surface area (Å²) in [5.74, 6) is 0.101. The SMILES string of the molecule is C/C=C/CCNCC(=O)NC(CC)CC. The van der Waals surface area contributed by atoms with Gasteiger partial charge in [0.1, 0.15) is 0 Å². The molecular formula is C12H24N2O. The van der Waals surface area contributed by atoms with Gasteiger partial charge in [-0.1, -0.05) is 26.0 Å². The van der Waals surface area contributed by atoms with E-state index in [0.717, 1.165) is 25.8 Å². The molecule has 0 aromatic rings. The van der Waals surface area contributed by atoms with Gasteiger partial charge in [-0.2, -0.15) is 0 Å². The lowest BCUT2D eigenvalue weighted by Crippen LogP contribution is -2.40. The van der Waals surface area contributed by atoms with Gasteiger partial charge < -0.3 is 10.6 Å². The molecule has 0 aliphatic carbocycles. The lowest BCUT2D eigenvalue weighted by molar-refractivity contribution is -0.121. The van der Waals surface area contributed by atoms with Gasteiger partial charge in [0.2, 0.25) is 5.91 Å². The van der Waals surface area contributed by atoms with Crippen molar-refractivity contribution in [3.63, 3.8) is 0 Å². The number of carbonyl (C=O) groups is 1. The molecule has 15 heavy (non-hydrogen) atoms. The highest BCUT2D eigenvalue weighted by atomic mass is 16.1. The van der Waals surface area contributed by atoms with Gasteiger partial charge in [0.15, 0.2) is 0 Å². The monoisotopic (exact) mass is 212 g/mol. The van der Waals surface area contributed by atoms with Gasteiger partial charge in [-0.15, -0.1) is 0 Å². The van der Waals surface area contributed by atoms with Crippen molar-refractivity contribution in [3.8, 4) is 0 Å².